The quantitative estimate of drug-likeness (QED) is 0.424. The smallest absolute Gasteiger partial charge is 0.243 e. The Labute approximate surface area is 199 Å². The van der Waals surface area contributed by atoms with Crippen molar-refractivity contribution in [2.24, 2.45) is 0 Å². The molecule has 3 aromatic rings. The first-order valence-electron chi connectivity index (χ1n) is 10.8. The number of ether oxygens (including phenoxy) is 1. The second-order valence-electron chi connectivity index (χ2n) is 8.21. The van der Waals surface area contributed by atoms with E-state index < -0.39 is 22.0 Å². The minimum absolute atomic E-state index is 0.0709. The summed E-state index contributed by atoms with van der Waals surface area (Å²) in [4.78, 5) is 15.0. The van der Waals surface area contributed by atoms with Gasteiger partial charge in [-0.25, -0.2) is 12.8 Å². The fourth-order valence-electron chi connectivity index (χ4n) is 3.46. The number of furan rings is 1. The van der Waals surface area contributed by atoms with Gasteiger partial charge in [-0.05, 0) is 74.9 Å². The van der Waals surface area contributed by atoms with Crippen LogP contribution < -0.4 is 4.74 Å². The SMILES string of the molecule is COc1ccc(S(=O)(=O)N(CC(=O)N(Cc2ccc(F)cc2)Cc2ccc(C)o2)C(C)C)cc1. The highest BCUT2D eigenvalue weighted by atomic mass is 32.2. The zero-order valence-corrected chi connectivity index (χ0v) is 20.5. The maximum absolute atomic E-state index is 13.4. The second-order valence-corrected chi connectivity index (χ2v) is 10.1. The van der Waals surface area contributed by atoms with Gasteiger partial charge < -0.3 is 14.1 Å². The zero-order valence-electron chi connectivity index (χ0n) is 19.7. The van der Waals surface area contributed by atoms with Crippen LogP contribution in [0.3, 0.4) is 0 Å². The number of nitrogens with zero attached hydrogens (tertiary/aromatic N) is 2. The first-order chi connectivity index (χ1) is 16.1. The molecule has 0 aliphatic carbocycles. The van der Waals surface area contributed by atoms with Crippen molar-refractivity contribution in [1.82, 2.24) is 9.21 Å². The summed E-state index contributed by atoms with van der Waals surface area (Å²) in [6.45, 7) is 5.21. The lowest BCUT2D eigenvalue weighted by Crippen LogP contribution is -2.45. The van der Waals surface area contributed by atoms with Gasteiger partial charge in [-0.2, -0.15) is 4.31 Å². The Morgan fingerprint density at radius 2 is 1.65 bits per heavy atom. The van der Waals surface area contributed by atoms with Crippen LogP contribution in [0, 0.1) is 12.7 Å². The van der Waals surface area contributed by atoms with Crippen LogP contribution in [0.4, 0.5) is 4.39 Å². The van der Waals surface area contributed by atoms with Crippen LogP contribution in [0.15, 0.2) is 70.0 Å². The standard InChI is InChI=1S/C25H29FN2O5S/c1-18(2)28(34(30,31)24-13-11-22(32-4)12-14-24)17-25(29)27(16-23-10-5-19(3)33-23)15-20-6-8-21(26)9-7-20/h5-14,18H,15-17H2,1-4H3. The molecule has 0 saturated heterocycles. The van der Waals surface area contributed by atoms with Crippen molar-refractivity contribution in [3.63, 3.8) is 0 Å². The number of rotatable bonds is 10. The van der Waals surface area contributed by atoms with Gasteiger partial charge in [-0.1, -0.05) is 12.1 Å². The minimum Gasteiger partial charge on any atom is -0.497 e. The molecule has 0 aliphatic rings. The molecule has 34 heavy (non-hydrogen) atoms. The summed E-state index contributed by atoms with van der Waals surface area (Å²) < 4.78 is 52.0. The first kappa shape index (κ1) is 25.5. The van der Waals surface area contributed by atoms with Crippen molar-refractivity contribution in [3.8, 4) is 5.75 Å². The van der Waals surface area contributed by atoms with E-state index in [9.17, 15) is 17.6 Å². The van der Waals surface area contributed by atoms with Gasteiger partial charge in [0, 0.05) is 12.6 Å². The Morgan fingerprint density at radius 3 is 2.18 bits per heavy atom. The molecule has 2 aromatic carbocycles. The molecule has 0 N–H and O–H groups in total. The molecule has 0 bridgehead atoms. The molecule has 0 radical (unpaired) electrons. The number of carbonyl (C=O) groups excluding carboxylic acids is 1. The lowest BCUT2D eigenvalue weighted by Gasteiger charge is -2.29. The number of methoxy groups -OCH3 is 1. The Hall–Kier alpha value is -3.17. The number of benzene rings is 2. The van der Waals surface area contributed by atoms with Crippen molar-refractivity contribution < 1.29 is 26.8 Å². The summed E-state index contributed by atoms with van der Waals surface area (Å²) in [5, 5.41) is 0. The average Bonchev–Trinajstić information content (AvgIpc) is 3.22. The number of aryl methyl sites for hydroxylation is 1. The van der Waals surface area contributed by atoms with Gasteiger partial charge in [0.15, 0.2) is 0 Å². The van der Waals surface area contributed by atoms with E-state index in [0.29, 0.717) is 22.8 Å². The van der Waals surface area contributed by atoms with Crippen LogP contribution in [-0.2, 0) is 27.9 Å². The summed E-state index contributed by atoms with van der Waals surface area (Å²) in [5.41, 5.74) is 0.715. The van der Waals surface area contributed by atoms with Crippen LogP contribution in [0.25, 0.3) is 0 Å². The molecular weight excluding hydrogens is 459 g/mol. The van der Waals surface area contributed by atoms with Crippen LogP contribution in [0.1, 0.15) is 30.9 Å². The highest BCUT2D eigenvalue weighted by Crippen LogP contribution is 2.22. The van der Waals surface area contributed by atoms with E-state index in [2.05, 4.69) is 0 Å². The molecule has 1 amide bonds. The molecule has 0 fully saturated rings. The predicted molar refractivity (Wildman–Crippen MR) is 126 cm³/mol. The normalized spacial score (nSPS) is 11.7. The fourth-order valence-corrected chi connectivity index (χ4v) is 5.05. The molecule has 0 spiro atoms. The lowest BCUT2D eigenvalue weighted by molar-refractivity contribution is -0.133. The van der Waals surface area contributed by atoms with Crippen LogP contribution >= 0.6 is 0 Å². The summed E-state index contributed by atoms with van der Waals surface area (Å²) >= 11 is 0. The van der Waals surface area contributed by atoms with Gasteiger partial charge in [-0.3, -0.25) is 4.79 Å². The number of carbonyl (C=O) groups is 1. The summed E-state index contributed by atoms with van der Waals surface area (Å²) in [5.74, 6) is 1.03. The second kappa shape index (κ2) is 10.8. The number of sulfonamides is 1. The van der Waals surface area contributed by atoms with Gasteiger partial charge >= 0.3 is 0 Å². The summed E-state index contributed by atoms with van der Waals surface area (Å²) in [6.07, 6.45) is 0. The Balaban J connectivity index is 1.86. The maximum atomic E-state index is 13.4. The van der Waals surface area contributed by atoms with E-state index in [1.165, 1.54) is 40.6 Å². The van der Waals surface area contributed by atoms with Gasteiger partial charge in [0.1, 0.15) is 23.1 Å². The summed E-state index contributed by atoms with van der Waals surface area (Å²) in [6, 6.07) is 15.0. The van der Waals surface area contributed by atoms with Crippen LogP contribution in [-0.4, -0.2) is 43.2 Å². The van der Waals surface area contributed by atoms with E-state index >= 15 is 0 Å². The number of hydrogen-bond donors (Lipinski definition) is 0. The molecule has 182 valence electrons. The Bertz CT molecular complexity index is 1200. The van der Waals surface area contributed by atoms with Crippen molar-refractivity contribution >= 4 is 15.9 Å². The number of hydrogen-bond acceptors (Lipinski definition) is 5. The number of halogens is 1. The lowest BCUT2D eigenvalue weighted by atomic mass is 10.2. The molecule has 3 rings (SSSR count). The highest BCUT2D eigenvalue weighted by molar-refractivity contribution is 7.89. The van der Waals surface area contributed by atoms with E-state index in [0.717, 1.165) is 0 Å². The van der Waals surface area contributed by atoms with Gasteiger partial charge in [-0.15, -0.1) is 0 Å². The zero-order chi connectivity index (χ0) is 24.9. The van der Waals surface area contributed by atoms with Gasteiger partial charge in [0.05, 0.1) is 25.1 Å². The molecule has 1 aromatic heterocycles. The van der Waals surface area contributed by atoms with Crippen LogP contribution in [0.2, 0.25) is 0 Å². The largest absolute Gasteiger partial charge is 0.497 e. The van der Waals surface area contributed by atoms with E-state index in [1.54, 1.807) is 57.2 Å². The molecule has 9 heteroatoms. The van der Waals surface area contributed by atoms with E-state index in [-0.39, 0.29) is 30.3 Å². The minimum atomic E-state index is -3.94. The molecule has 0 atom stereocenters. The van der Waals surface area contributed by atoms with Gasteiger partial charge in [0.25, 0.3) is 0 Å². The molecule has 7 nitrogen and oxygen atoms in total. The van der Waals surface area contributed by atoms with Gasteiger partial charge in [0.2, 0.25) is 15.9 Å². The third-order valence-corrected chi connectivity index (χ3v) is 7.35. The van der Waals surface area contributed by atoms with E-state index in [4.69, 9.17) is 9.15 Å². The van der Waals surface area contributed by atoms with Crippen molar-refractivity contribution in [2.75, 3.05) is 13.7 Å². The summed E-state index contributed by atoms with van der Waals surface area (Å²) in [7, 11) is -2.45. The number of amides is 1. The predicted octanol–water partition coefficient (Wildman–Crippen LogP) is 4.36. The van der Waals surface area contributed by atoms with Crippen molar-refractivity contribution in [3.05, 3.63) is 83.6 Å². The molecule has 0 aliphatic heterocycles. The Morgan fingerprint density at radius 1 is 1.00 bits per heavy atom. The Kier molecular flexibility index (Phi) is 8.11. The fraction of sp³-hybridized carbons (Fsp3) is 0.320. The first-order valence-corrected chi connectivity index (χ1v) is 12.3. The molecule has 0 saturated carbocycles. The molecule has 0 unspecified atom stereocenters. The monoisotopic (exact) mass is 488 g/mol. The molecule has 1 heterocycles. The maximum Gasteiger partial charge on any atom is 0.243 e. The third-order valence-electron chi connectivity index (χ3n) is 5.32. The van der Waals surface area contributed by atoms with E-state index in [1.807, 2.05) is 0 Å². The average molecular weight is 489 g/mol. The highest BCUT2D eigenvalue weighted by Gasteiger charge is 2.31. The molecular formula is C25H29FN2O5S. The topological polar surface area (TPSA) is 80.1 Å². The third kappa shape index (κ3) is 6.24. The van der Waals surface area contributed by atoms with Crippen molar-refractivity contribution in [2.45, 2.75) is 44.8 Å². The van der Waals surface area contributed by atoms with Crippen molar-refractivity contribution in [1.29, 1.82) is 0 Å². The van der Waals surface area contributed by atoms with Crippen LogP contribution in [0.5, 0.6) is 5.75 Å².